The molecule has 2 aliphatic rings. The van der Waals surface area contributed by atoms with Crippen molar-refractivity contribution in [2.75, 3.05) is 0 Å². The Labute approximate surface area is 146 Å². The van der Waals surface area contributed by atoms with Crippen molar-refractivity contribution >= 4 is 23.6 Å². The van der Waals surface area contributed by atoms with Crippen LogP contribution in [0, 0.1) is 4.77 Å². The van der Waals surface area contributed by atoms with E-state index in [1.807, 2.05) is 22.1 Å². The molecule has 0 N–H and O–H groups in total. The van der Waals surface area contributed by atoms with Crippen molar-refractivity contribution in [3.8, 4) is 0 Å². The van der Waals surface area contributed by atoms with Gasteiger partial charge in [-0.1, -0.05) is 12.1 Å². The second-order valence-corrected chi connectivity index (χ2v) is 7.91. The Kier molecular flexibility index (Phi) is 4.22. The van der Waals surface area contributed by atoms with Crippen LogP contribution in [0.1, 0.15) is 42.3 Å². The first-order chi connectivity index (χ1) is 11.3. The highest BCUT2D eigenvalue weighted by Crippen LogP contribution is 2.39. The van der Waals surface area contributed by atoms with Crippen molar-refractivity contribution in [2.24, 2.45) is 0 Å². The van der Waals surface area contributed by atoms with E-state index in [0.717, 1.165) is 30.4 Å². The Morgan fingerprint density at radius 3 is 2.83 bits per heavy atom. The molecule has 2 aromatic rings. The second-order valence-electron chi connectivity index (χ2n) is 6.51. The van der Waals surface area contributed by atoms with E-state index in [1.54, 1.807) is 0 Å². The smallest absolute Gasteiger partial charge is 0.199 e. The van der Waals surface area contributed by atoms with Crippen LogP contribution >= 0.6 is 23.6 Å². The van der Waals surface area contributed by atoms with Gasteiger partial charge in [0.1, 0.15) is 5.82 Å². The van der Waals surface area contributed by atoms with E-state index in [9.17, 15) is 0 Å². The summed E-state index contributed by atoms with van der Waals surface area (Å²) in [5, 5.41) is 7.01. The largest absolute Gasteiger partial charge is 0.300 e. The molecule has 122 valence electrons. The Balaban J connectivity index is 1.57. The summed E-state index contributed by atoms with van der Waals surface area (Å²) in [5.74, 6) is 1.76. The predicted molar refractivity (Wildman–Crippen MR) is 96.1 cm³/mol. The van der Waals surface area contributed by atoms with Crippen molar-refractivity contribution < 1.29 is 0 Å². The van der Waals surface area contributed by atoms with E-state index in [0.29, 0.717) is 12.0 Å². The molecule has 4 rings (SSSR count). The van der Waals surface area contributed by atoms with Crippen molar-refractivity contribution in [3.63, 3.8) is 0 Å². The van der Waals surface area contributed by atoms with Gasteiger partial charge in [0.15, 0.2) is 4.77 Å². The average molecular weight is 347 g/mol. The van der Waals surface area contributed by atoms with Crippen molar-refractivity contribution in [1.82, 2.24) is 19.2 Å². The van der Waals surface area contributed by atoms with Crippen LogP contribution in [0.3, 0.4) is 0 Å². The molecule has 0 spiro atoms. The third kappa shape index (κ3) is 3.34. The summed E-state index contributed by atoms with van der Waals surface area (Å²) in [4.78, 5) is 3.93. The molecule has 2 aliphatic carbocycles. The van der Waals surface area contributed by atoms with Gasteiger partial charge in [-0.3, -0.25) is 9.47 Å². The van der Waals surface area contributed by atoms with Gasteiger partial charge >= 0.3 is 0 Å². The first-order valence-electron chi connectivity index (χ1n) is 8.31. The van der Waals surface area contributed by atoms with E-state index < -0.39 is 0 Å². The van der Waals surface area contributed by atoms with Crippen LogP contribution in [-0.4, -0.2) is 25.3 Å². The zero-order valence-electron chi connectivity index (χ0n) is 13.2. The molecule has 0 atom stereocenters. The summed E-state index contributed by atoms with van der Waals surface area (Å²) in [6.45, 7) is 6.42. The summed E-state index contributed by atoms with van der Waals surface area (Å²) in [7, 11) is 0. The van der Waals surface area contributed by atoms with Crippen molar-refractivity contribution in [2.45, 2.75) is 57.4 Å². The lowest BCUT2D eigenvalue weighted by atomic mass is 10.4. The molecule has 23 heavy (non-hydrogen) atoms. The molecule has 0 bridgehead atoms. The summed E-state index contributed by atoms with van der Waals surface area (Å²) in [5.41, 5.74) is 0. The highest BCUT2D eigenvalue weighted by molar-refractivity contribution is 7.71. The van der Waals surface area contributed by atoms with Gasteiger partial charge in [-0.15, -0.1) is 17.9 Å². The molecule has 0 aliphatic heterocycles. The number of rotatable bonds is 8. The van der Waals surface area contributed by atoms with E-state index in [-0.39, 0.29) is 0 Å². The van der Waals surface area contributed by atoms with Gasteiger partial charge in [0.05, 0.1) is 6.67 Å². The Hall–Kier alpha value is -1.24. The number of hydrogen-bond donors (Lipinski definition) is 0. The minimum absolute atomic E-state index is 0.601. The summed E-state index contributed by atoms with van der Waals surface area (Å²) >= 11 is 7.52. The number of thiophene rings is 1. The fraction of sp³-hybridized carbons (Fsp3) is 0.529. The number of aromatic nitrogens is 3. The van der Waals surface area contributed by atoms with E-state index >= 15 is 0 Å². The molecule has 0 amide bonds. The van der Waals surface area contributed by atoms with Crippen molar-refractivity contribution in [1.29, 1.82) is 0 Å². The monoisotopic (exact) mass is 346 g/mol. The van der Waals surface area contributed by atoms with Gasteiger partial charge in [-0.05, 0) is 49.3 Å². The summed E-state index contributed by atoms with van der Waals surface area (Å²) in [6, 6.07) is 5.03. The molecule has 0 unspecified atom stereocenters. The molecule has 2 fully saturated rings. The van der Waals surface area contributed by atoms with Gasteiger partial charge in [0, 0.05) is 29.9 Å². The fourth-order valence-electron chi connectivity index (χ4n) is 3.00. The molecule has 0 radical (unpaired) electrons. The maximum absolute atomic E-state index is 5.69. The lowest BCUT2D eigenvalue weighted by molar-refractivity contribution is 0.188. The predicted octanol–water partition coefficient (Wildman–Crippen LogP) is 4.16. The Morgan fingerprint density at radius 1 is 1.39 bits per heavy atom. The highest BCUT2D eigenvalue weighted by Gasteiger charge is 2.32. The molecule has 2 saturated carbocycles. The molecule has 0 aromatic carbocycles. The topological polar surface area (TPSA) is 26.0 Å². The van der Waals surface area contributed by atoms with Gasteiger partial charge in [-0.2, -0.15) is 5.10 Å². The van der Waals surface area contributed by atoms with Gasteiger partial charge in [0.25, 0.3) is 0 Å². The third-order valence-corrected chi connectivity index (χ3v) is 5.82. The Bertz CT molecular complexity index is 735. The van der Waals surface area contributed by atoms with Crippen molar-refractivity contribution in [3.05, 3.63) is 45.6 Å². The molecule has 2 heterocycles. The zero-order valence-corrected chi connectivity index (χ0v) is 14.9. The highest BCUT2D eigenvalue weighted by atomic mass is 32.1. The SMILES string of the molecule is C=CCn1c(C2CC2)nn(CN(Cc2cccs2)C2CC2)c1=S. The minimum Gasteiger partial charge on any atom is -0.300 e. The zero-order chi connectivity index (χ0) is 15.8. The summed E-state index contributed by atoms with van der Waals surface area (Å²) in [6.07, 6.45) is 6.98. The quantitative estimate of drug-likeness (QED) is 0.530. The number of hydrogen-bond acceptors (Lipinski definition) is 4. The molecular weight excluding hydrogens is 324 g/mol. The maximum atomic E-state index is 5.69. The Morgan fingerprint density at radius 2 is 2.22 bits per heavy atom. The van der Waals surface area contributed by atoms with Crippen LogP contribution in [0.2, 0.25) is 0 Å². The van der Waals surface area contributed by atoms with Crippen LogP contribution in [-0.2, 0) is 19.8 Å². The van der Waals surface area contributed by atoms with Gasteiger partial charge < -0.3 is 0 Å². The molecule has 0 saturated heterocycles. The van der Waals surface area contributed by atoms with Gasteiger partial charge in [-0.25, -0.2) is 4.68 Å². The molecule has 6 heteroatoms. The normalized spacial score (nSPS) is 17.8. The maximum Gasteiger partial charge on any atom is 0.199 e. The second kappa shape index (κ2) is 6.34. The first-order valence-corrected chi connectivity index (χ1v) is 9.60. The van der Waals surface area contributed by atoms with E-state index in [4.69, 9.17) is 17.3 Å². The third-order valence-electron chi connectivity index (χ3n) is 4.52. The van der Waals surface area contributed by atoms with Crippen LogP contribution in [0.15, 0.2) is 30.2 Å². The fourth-order valence-corrected chi connectivity index (χ4v) is 4.00. The van der Waals surface area contributed by atoms with Crippen LogP contribution in [0.25, 0.3) is 0 Å². The number of nitrogens with zero attached hydrogens (tertiary/aromatic N) is 4. The lowest BCUT2D eigenvalue weighted by Crippen LogP contribution is -2.28. The lowest BCUT2D eigenvalue weighted by Gasteiger charge is -2.20. The van der Waals surface area contributed by atoms with Crippen LogP contribution in [0.4, 0.5) is 0 Å². The minimum atomic E-state index is 0.601. The summed E-state index contributed by atoms with van der Waals surface area (Å²) < 4.78 is 5.03. The average Bonchev–Trinajstić information content (AvgIpc) is 3.47. The molecular formula is C17H22N4S2. The first kappa shape index (κ1) is 15.3. The van der Waals surface area contributed by atoms with E-state index in [2.05, 4.69) is 33.6 Å². The number of allylic oxidation sites excluding steroid dienone is 1. The van der Waals surface area contributed by atoms with Gasteiger partial charge in [0.2, 0.25) is 0 Å². The van der Waals surface area contributed by atoms with Crippen LogP contribution < -0.4 is 0 Å². The van der Waals surface area contributed by atoms with E-state index in [1.165, 1.54) is 30.6 Å². The standard InChI is InChI=1S/C17H22N4S2/c1-2-9-20-16(13-5-6-13)18-21(17(20)22)12-19(14-7-8-14)11-15-4-3-10-23-15/h2-4,10,13-14H,1,5-9,11-12H2. The molecule has 4 nitrogen and oxygen atoms in total. The van der Waals surface area contributed by atoms with Crippen LogP contribution in [0.5, 0.6) is 0 Å². The molecule has 2 aromatic heterocycles.